The van der Waals surface area contributed by atoms with E-state index < -0.39 is 17.7 Å². The molecule has 0 aliphatic rings. The summed E-state index contributed by atoms with van der Waals surface area (Å²) in [6.07, 6.45) is -1.21. The molecular weight excluding hydrogens is 307 g/mol. The quantitative estimate of drug-likeness (QED) is 0.875. The maximum absolute atomic E-state index is 13.5. The van der Waals surface area contributed by atoms with Crippen LogP contribution in [0.3, 0.4) is 0 Å². The Morgan fingerprint density at radius 1 is 1.15 bits per heavy atom. The molecule has 6 heteroatoms. The molecule has 20 heavy (non-hydrogen) atoms. The Bertz CT molecular complexity index is 622. The smallest absolute Gasteiger partial charge is 0.129 e. The average Bonchev–Trinajstić information content (AvgIpc) is 2.43. The molecule has 2 aromatic carbocycles. The molecule has 0 aliphatic heterocycles. The Labute approximate surface area is 125 Å². The molecule has 0 amide bonds. The molecule has 0 fully saturated rings. The zero-order valence-electron chi connectivity index (χ0n) is 10.2. The minimum absolute atomic E-state index is 0.0273. The molecule has 0 spiro atoms. The maximum atomic E-state index is 13.5. The van der Waals surface area contributed by atoms with Crippen molar-refractivity contribution in [1.29, 1.82) is 0 Å². The zero-order valence-corrected chi connectivity index (χ0v) is 11.7. The van der Waals surface area contributed by atoms with Crippen LogP contribution in [-0.2, 0) is 0 Å². The molecule has 2 rings (SSSR count). The van der Waals surface area contributed by atoms with E-state index in [1.54, 1.807) is 18.2 Å². The van der Waals surface area contributed by atoms with Gasteiger partial charge in [0.2, 0.25) is 0 Å². The van der Waals surface area contributed by atoms with Crippen LogP contribution in [0.1, 0.15) is 11.7 Å². The summed E-state index contributed by atoms with van der Waals surface area (Å²) in [5.74, 6) is -1.28. The summed E-state index contributed by atoms with van der Waals surface area (Å²) in [6, 6.07) is 7.90. The highest BCUT2D eigenvalue weighted by molar-refractivity contribution is 6.43. The Morgan fingerprint density at radius 2 is 1.90 bits per heavy atom. The second-order valence-electron chi connectivity index (χ2n) is 4.16. The van der Waals surface area contributed by atoms with Crippen molar-refractivity contribution in [2.75, 3.05) is 11.9 Å². The summed E-state index contributed by atoms with van der Waals surface area (Å²) in [5.41, 5.74) is 0.394. The lowest BCUT2D eigenvalue weighted by atomic mass is 10.1. The highest BCUT2D eigenvalue weighted by Gasteiger charge is 2.14. The Hall–Kier alpha value is -1.36. The number of halogens is 4. The minimum Gasteiger partial charge on any atom is -0.386 e. The molecule has 2 aromatic rings. The summed E-state index contributed by atoms with van der Waals surface area (Å²) in [5, 5.41) is 13.4. The van der Waals surface area contributed by atoms with E-state index in [9.17, 15) is 13.9 Å². The Kier molecular flexibility index (Phi) is 4.81. The Balaban J connectivity index is 2.10. The van der Waals surface area contributed by atoms with Crippen molar-refractivity contribution in [2.24, 2.45) is 0 Å². The predicted molar refractivity (Wildman–Crippen MR) is 76.3 cm³/mol. The fourth-order valence-corrected chi connectivity index (χ4v) is 2.09. The summed E-state index contributed by atoms with van der Waals surface area (Å²) >= 11 is 11.8. The second kappa shape index (κ2) is 6.39. The minimum atomic E-state index is -1.21. The number of hydrogen-bond donors (Lipinski definition) is 2. The van der Waals surface area contributed by atoms with Crippen molar-refractivity contribution >= 4 is 28.9 Å². The number of anilines is 1. The number of aliphatic hydroxyl groups is 1. The van der Waals surface area contributed by atoms with Crippen LogP contribution in [0.15, 0.2) is 36.4 Å². The molecule has 1 unspecified atom stereocenters. The number of benzene rings is 2. The van der Waals surface area contributed by atoms with Crippen molar-refractivity contribution in [1.82, 2.24) is 0 Å². The van der Waals surface area contributed by atoms with Gasteiger partial charge in [-0.05, 0) is 30.3 Å². The van der Waals surface area contributed by atoms with Gasteiger partial charge in [0.15, 0.2) is 0 Å². The van der Waals surface area contributed by atoms with Crippen LogP contribution in [0.2, 0.25) is 10.0 Å². The van der Waals surface area contributed by atoms with E-state index in [-0.39, 0.29) is 12.1 Å². The van der Waals surface area contributed by atoms with Gasteiger partial charge in [-0.2, -0.15) is 0 Å². The predicted octanol–water partition coefficient (Wildman–Crippen LogP) is 4.42. The first-order valence-electron chi connectivity index (χ1n) is 5.80. The maximum Gasteiger partial charge on any atom is 0.129 e. The van der Waals surface area contributed by atoms with Crippen molar-refractivity contribution < 1.29 is 13.9 Å². The van der Waals surface area contributed by atoms with E-state index in [0.29, 0.717) is 15.7 Å². The molecule has 0 heterocycles. The number of rotatable bonds is 4. The highest BCUT2D eigenvalue weighted by atomic mass is 35.5. The number of aliphatic hydroxyl groups excluding tert-OH is 1. The Morgan fingerprint density at radius 3 is 2.65 bits per heavy atom. The molecule has 2 N–H and O–H groups in total. The molecule has 0 saturated carbocycles. The molecule has 0 aliphatic carbocycles. The highest BCUT2D eigenvalue weighted by Crippen LogP contribution is 2.30. The summed E-state index contributed by atoms with van der Waals surface area (Å²) in [4.78, 5) is 0. The lowest BCUT2D eigenvalue weighted by molar-refractivity contribution is 0.186. The number of nitrogens with one attached hydrogen (secondary N) is 1. The fourth-order valence-electron chi connectivity index (χ4n) is 1.73. The van der Waals surface area contributed by atoms with Gasteiger partial charge in [0.1, 0.15) is 11.6 Å². The molecule has 0 bridgehead atoms. The van der Waals surface area contributed by atoms with Gasteiger partial charge in [0, 0.05) is 12.1 Å². The van der Waals surface area contributed by atoms with Gasteiger partial charge in [-0.15, -0.1) is 0 Å². The number of hydrogen-bond acceptors (Lipinski definition) is 2. The molecular formula is C14H11Cl2F2NO. The third kappa shape index (κ3) is 3.39. The monoisotopic (exact) mass is 317 g/mol. The van der Waals surface area contributed by atoms with Gasteiger partial charge < -0.3 is 10.4 Å². The fraction of sp³-hybridized carbons (Fsp3) is 0.143. The van der Waals surface area contributed by atoms with Gasteiger partial charge in [-0.25, -0.2) is 8.78 Å². The zero-order chi connectivity index (χ0) is 14.7. The van der Waals surface area contributed by atoms with Crippen LogP contribution < -0.4 is 5.32 Å². The lowest BCUT2D eigenvalue weighted by Crippen LogP contribution is -2.14. The summed E-state index contributed by atoms with van der Waals surface area (Å²) in [6.45, 7) is -0.0273. The van der Waals surface area contributed by atoms with Crippen molar-refractivity contribution in [3.63, 3.8) is 0 Å². The average molecular weight is 318 g/mol. The molecule has 106 valence electrons. The van der Waals surface area contributed by atoms with E-state index in [1.165, 1.54) is 0 Å². The third-order valence-corrected chi connectivity index (χ3v) is 3.57. The van der Waals surface area contributed by atoms with Crippen LogP contribution in [0.25, 0.3) is 0 Å². The van der Waals surface area contributed by atoms with E-state index >= 15 is 0 Å². The van der Waals surface area contributed by atoms with Crippen LogP contribution in [0, 0.1) is 11.6 Å². The van der Waals surface area contributed by atoms with Gasteiger partial charge in [-0.1, -0.05) is 29.3 Å². The van der Waals surface area contributed by atoms with E-state index in [4.69, 9.17) is 23.2 Å². The van der Waals surface area contributed by atoms with Crippen LogP contribution in [0.4, 0.5) is 14.5 Å². The van der Waals surface area contributed by atoms with E-state index in [1.807, 2.05) is 0 Å². The van der Waals surface area contributed by atoms with Crippen LogP contribution in [-0.4, -0.2) is 11.7 Å². The van der Waals surface area contributed by atoms with Crippen molar-refractivity contribution in [3.8, 4) is 0 Å². The largest absolute Gasteiger partial charge is 0.386 e. The van der Waals surface area contributed by atoms with Gasteiger partial charge in [0.05, 0.1) is 21.8 Å². The second-order valence-corrected chi connectivity index (χ2v) is 4.95. The van der Waals surface area contributed by atoms with Crippen LogP contribution in [0.5, 0.6) is 0 Å². The lowest BCUT2D eigenvalue weighted by Gasteiger charge is -2.15. The topological polar surface area (TPSA) is 32.3 Å². The summed E-state index contributed by atoms with van der Waals surface area (Å²) in [7, 11) is 0. The summed E-state index contributed by atoms with van der Waals surface area (Å²) < 4.78 is 26.5. The molecule has 2 nitrogen and oxygen atoms in total. The normalized spacial score (nSPS) is 12.2. The molecule has 0 saturated heterocycles. The first-order valence-corrected chi connectivity index (χ1v) is 6.55. The van der Waals surface area contributed by atoms with Gasteiger partial charge in [0.25, 0.3) is 0 Å². The van der Waals surface area contributed by atoms with Crippen molar-refractivity contribution in [3.05, 3.63) is 63.6 Å². The van der Waals surface area contributed by atoms with Crippen molar-refractivity contribution in [2.45, 2.75) is 6.10 Å². The third-order valence-electron chi connectivity index (χ3n) is 2.75. The van der Waals surface area contributed by atoms with E-state index in [0.717, 1.165) is 18.2 Å². The first-order chi connectivity index (χ1) is 9.49. The van der Waals surface area contributed by atoms with E-state index in [2.05, 4.69) is 5.32 Å². The van der Waals surface area contributed by atoms with Gasteiger partial charge >= 0.3 is 0 Å². The van der Waals surface area contributed by atoms with Gasteiger partial charge in [-0.3, -0.25) is 0 Å². The SMILES string of the molecule is OC(CNc1cccc(Cl)c1Cl)c1cc(F)ccc1F. The molecule has 0 aromatic heterocycles. The standard InChI is InChI=1S/C14H11Cl2F2NO/c15-10-2-1-3-12(14(10)16)19-7-13(20)9-6-8(17)4-5-11(9)18/h1-6,13,19-20H,7H2. The molecule has 0 radical (unpaired) electrons. The van der Waals surface area contributed by atoms with Crippen LogP contribution >= 0.6 is 23.2 Å². The molecule has 1 atom stereocenters. The first kappa shape index (κ1) is 15.0.